The highest BCUT2D eigenvalue weighted by atomic mass is 79.9. The van der Waals surface area contributed by atoms with E-state index in [-0.39, 0.29) is 0 Å². The number of anilines is 1. The molecule has 0 spiro atoms. The Morgan fingerprint density at radius 3 is 2.42 bits per heavy atom. The van der Waals surface area contributed by atoms with Crippen LogP contribution in [0.3, 0.4) is 0 Å². The summed E-state index contributed by atoms with van der Waals surface area (Å²) in [6.45, 7) is 4.00. The van der Waals surface area contributed by atoms with Crippen molar-refractivity contribution in [1.82, 2.24) is 4.90 Å². The van der Waals surface area contributed by atoms with Crippen LogP contribution in [0, 0.1) is 0 Å². The highest BCUT2D eigenvalue weighted by Crippen LogP contribution is 2.29. The van der Waals surface area contributed by atoms with Gasteiger partial charge in [-0.25, -0.2) is 0 Å². The number of aliphatic hydroxyl groups is 1. The predicted octanol–water partition coefficient (Wildman–Crippen LogP) is 3.03. The zero-order valence-electron chi connectivity index (χ0n) is 11.9. The van der Waals surface area contributed by atoms with Crippen LogP contribution in [0.5, 0.6) is 0 Å². The lowest BCUT2D eigenvalue weighted by Gasteiger charge is -2.36. The molecule has 19 heavy (non-hydrogen) atoms. The molecular formula is C15H23BrN2O. The minimum atomic E-state index is -0.428. The van der Waals surface area contributed by atoms with Gasteiger partial charge in [-0.05, 0) is 51.6 Å². The summed E-state index contributed by atoms with van der Waals surface area (Å²) in [5.41, 5.74) is 2.19. The molecule has 0 bridgehead atoms. The van der Waals surface area contributed by atoms with Gasteiger partial charge in [-0.2, -0.15) is 0 Å². The molecule has 1 N–H and O–H groups in total. The summed E-state index contributed by atoms with van der Waals surface area (Å²) < 4.78 is 0.995. The molecule has 1 aliphatic heterocycles. The summed E-state index contributed by atoms with van der Waals surface area (Å²) in [5.74, 6) is 0. The van der Waals surface area contributed by atoms with Crippen molar-refractivity contribution in [2.24, 2.45) is 0 Å². The Bertz CT molecular complexity index is 426. The minimum absolute atomic E-state index is 0.428. The molecule has 0 radical (unpaired) electrons. The third-order valence-corrected chi connectivity index (χ3v) is 4.68. The van der Waals surface area contributed by atoms with Gasteiger partial charge in [-0.15, -0.1) is 0 Å². The average molecular weight is 327 g/mol. The molecule has 1 fully saturated rings. The van der Waals surface area contributed by atoms with Crippen LogP contribution in [0.25, 0.3) is 0 Å². The van der Waals surface area contributed by atoms with Gasteiger partial charge in [0.05, 0.1) is 6.10 Å². The maximum atomic E-state index is 9.65. The van der Waals surface area contributed by atoms with E-state index in [2.05, 4.69) is 52.0 Å². The summed E-state index contributed by atoms with van der Waals surface area (Å²) in [5, 5.41) is 9.65. The molecule has 0 amide bonds. The van der Waals surface area contributed by atoms with E-state index in [0.717, 1.165) is 23.1 Å². The summed E-state index contributed by atoms with van der Waals surface area (Å²) in [6.07, 6.45) is 1.99. The molecule has 1 unspecified atom stereocenters. The molecule has 1 atom stereocenters. The van der Waals surface area contributed by atoms with Gasteiger partial charge in [0.15, 0.2) is 0 Å². The molecule has 1 saturated heterocycles. The van der Waals surface area contributed by atoms with Gasteiger partial charge in [0.25, 0.3) is 0 Å². The van der Waals surface area contributed by atoms with Crippen LogP contribution in [0.1, 0.15) is 31.4 Å². The van der Waals surface area contributed by atoms with Crippen molar-refractivity contribution < 1.29 is 5.11 Å². The second kappa shape index (κ2) is 6.25. The molecule has 1 aromatic rings. The second-order valence-corrected chi connectivity index (χ2v) is 6.42. The van der Waals surface area contributed by atoms with Crippen molar-refractivity contribution in [2.75, 3.05) is 32.1 Å². The summed E-state index contributed by atoms with van der Waals surface area (Å²) in [7, 11) is 4.32. The summed E-state index contributed by atoms with van der Waals surface area (Å²) in [4.78, 5) is 4.75. The van der Waals surface area contributed by atoms with Gasteiger partial charge in [0, 0.05) is 29.3 Å². The Morgan fingerprint density at radius 1 is 1.32 bits per heavy atom. The van der Waals surface area contributed by atoms with Gasteiger partial charge in [-0.1, -0.05) is 22.0 Å². The van der Waals surface area contributed by atoms with E-state index in [1.165, 1.54) is 18.5 Å². The number of aliphatic hydroxyl groups excluding tert-OH is 1. The Kier molecular flexibility index (Phi) is 4.87. The fourth-order valence-electron chi connectivity index (χ4n) is 2.69. The van der Waals surface area contributed by atoms with Crippen molar-refractivity contribution in [3.8, 4) is 0 Å². The second-order valence-electron chi connectivity index (χ2n) is 5.56. The van der Waals surface area contributed by atoms with Crippen LogP contribution >= 0.6 is 15.9 Å². The van der Waals surface area contributed by atoms with Crippen molar-refractivity contribution in [1.29, 1.82) is 0 Å². The molecule has 0 aromatic heterocycles. The van der Waals surface area contributed by atoms with Gasteiger partial charge in [0.2, 0.25) is 0 Å². The van der Waals surface area contributed by atoms with E-state index in [1.54, 1.807) is 6.92 Å². The normalized spacial score (nSPS) is 18.9. The average Bonchev–Trinajstić information content (AvgIpc) is 2.38. The molecule has 4 heteroatoms. The van der Waals surface area contributed by atoms with Crippen LogP contribution in [0.2, 0.25) is 0 Å². The number of hydrogen-bond acceptors (Lipinski definition) is 3. The van der Waals surface area contributed by atoms with Crippen molar-refractivity contribution in [3.63, 3.8) is 0 Å². The minimum Gasteiger partial charge on any atom is -0.389 e. The maximum absolute atomic E-state index is 9.65. The number of halogens is 1. The topological polar surface area (TPSA) is 26.7 Å². The Labute approximate surface area is 124 Å². The highest BCUT2D eigenvalue weighted by Gasteiger charge is 2.21. The third kappa shape index (κ3) is 3.50. The van der Waals surface area contributed by atoms with E-state index in [0.29, 0.717) is 6.04 Å². The van der Waals surface area contributed by atoms with E-state index in [4.69, 9.17) is 0 Å². The summed E-state index contributed by atoms with van der Waals surface area (Å²) in [6, 6.07) is 6.96. The molecule has 2 rings (SSSR count). The first-order valence-corrected chi connectivity index (χ1v) is 7.67. The number of nitrogens with zero attached hydrogens (tertiary/aromatic N) is 2. The van der Waals surface area contributed by atoms with E-state index in [9.17, 15) is 5.11 Å². The van der Waals surface area contributed by atoms with Crippen molar-refractivity contribution in [3.05, 3.63) is 28.2 Å². The van der Waals surface area contributed by atoms with Gasteiger partial charge < -0.3 is 14.9 Å². The SMILES string of the molecule is CC(O)c1ccc(N2CCC(N(C)C)CC2)cc1Br. The van der Waals surface area contributed by atoms with Gasteiger partial charge >= 0.3 is 0 Å². The lowest BCUT2D eigenvalue weighted by Crippen LogP contribution is -2.42. The fraction of sp³-hybridized carbons (Fsp3) is 0.600. The lowest BCUT2D eigenvalue weighted by atomic mass is 10.0. The van der Waals surface area contributed by atoms with E-state index in [1.807, 2.05) is 6.07 Å². The first-order chi connectivity index (χ1) is 8.99. The Balaban J connectivity index is 2.06. The third-order valence-electron chi connectivity index (χ3n) is 3.99. The van der Waals surface area contributed by atoms with E-state index < -0.39 is 6.10 Å². The number of hydrogen-bond donors (Lipinski definition) is 1. The molecule has 1 aromatic carbocycles. The van der Waals surface area contributed by atoms with Crippen LogP contribution in [-0.2, 0) is 0 Å². The molecule has 3 nitrogen and oxygen atoms in total. The number of rotatable bonds is 3. The smallest absolute Gasteiger partial charge is 0.0772 e. The van der Waals surface area contributed by atoms with Gasteiger partial charge in [-0.3, -0.25) is 0 Å². The van der Waals surface area contributed by atoms with Gasteiger partial charge in [0.1, 0.15) is 0 Å². The predicted molar refractivity (Wildman–Crippen MR) is 83.7 cm³/mol. The standard InChI is InChI=1S/C15H23BrN2O/c1-11(19)14-5-4-13(10-15(14)16)18-8-6-12(7-9-18)17(2)3/h4-5,10-12,19H,6-9H2,1-3H3. The first-order valence-electron chi connectivity index (χ1n) is 6.88. The lowest BCUT2D eigenvalue weighted by molar-refractivity contribution is 0.198. The van der Waals surface area contributed by atoms with Crippen LogP contribution in [0.4, 0.5) is 5.69 Å². The maximum Gasteiger partial charge on any atom is 0.0772 e. The van der Waals surface area contributed by atoms with Crippen molar-refractivity contribution in [2.45, 2.75) is 31.9 Å². The highest BCUT2D eigenvalue weighted by molar-refractivity contribution is 9.10. The molecular weight excluding hydrogens is 304 g/mol. The van der Waals surface area contributed by atoms with Crippen LogP contribution in [0.15, 0.2) is 22.7 Å². The zero-order valence-corrected chi connectivity index (χ0v) is 13.5. The monoisotopic (exact) mass is 326 g/mol. The molecule has 0 saturated carbocycles. The Hall–Kier alpha value is -0.580. The number of benzene rings is 1. The summed E-state index contributed by atoms with van der Waals surface area (Å²) >= 11 is 3.55. The largest absolute Gasteiger partial charge is 0.389 e. The van der Waals surface area contributed by atoms with E-state index >= 15 is 0 Å². The van der Waals surface area contributed by atoms with Crippen molar-refractivity contribution >= 4 is 21.6 Å². The number of piperidine rings is 1. The van der Waals surface area contributed by atoms with Crippen LogP contribution < -0.4 is 4.90 Å². The first kappa shape index (κ1) is 14.8. The molecule has 1 aliphatic rings. The fourth-order valence-corrected chi connectivity index (χ4v) is 3.39. The van der Waals surface area contributed by atoms with Crippen LogP contribution in [-0.4, -0.2) is 43.2 Å². The quantitative estimate of drug-likeness (QED) is 0.924. The molecule has 1 heterocycles. The Morgan fingerprint density at radius 2 is 1.95 bits per heavy atom. The molecule has 0 aliphatic carbocycles. The molecule has 106 valence electrons. The zero-order chi connectivity index (χ0) is 14.0.